The van der Waals surface area contributed by atoms with Crippen LogP contribution < -0.4 is 10.6 Å². The number of aliphatic hydroxyl groups is 5. The van der Waals surface area contributed by atoms with Crippen molar-refractivity contribution in [2.75, 3.05) is 26.7 Å². The average Bonchev–Trinajstić information content (AvgIpc) is 3.49. The Bertz CT molecular complexity index is 1460. The number of aliphatic hydroxyl groups excluding tert-OH is 2. The molecular weight excluding hydrogens is 612 g/mol. The van der Waals surface area contributed by atoms with Gasteiger partial charge in [-0.15, -0.1) is 0 Å². The van der Waals surface area contributed by atoms with Crippen LogP contribution in [0.2, 0.25) is 0 Å². The Kier molecular flexibility index (Phi) is 7.64. The molecule has 0 radical (unpaired) electrons. The monoisotopic (exact) mass is 666 g/mol. The number of esters is 1. The molecule has 16 atom stereocenters. The van der Waals surface area contributed by atoms with Gasteiger partial charge in [0.1, 0.15) is 23.6 Å². The highest BCUT2D eigenvalue weighted by Gasteiger charge is 2.84. The van der Waals surface area contributed by atoms with E-state index in [2.05, 4.69) is 35.8 Å². The summed E-state index contributed by atoms with van der Waals surface area (Å²) in [5, 5.41) is 70.8. The fraction of sp³-hybridized carbons (Fsp3) is 0.789. The summed E-state index contributed by atoms with van der Waals surface area (Å²) >= 11 is 0. The minimum Gasteiger partial charge on any atom is -0.450 e. The zero-order valence-corrected chi connectivity index (χ0v) is 28.5. The van der Waals surface area contributed by atoms with Gasteiger partial charge in [-0.1, -0.05) is 32.1 Å². The third kappa shape index (κ3) is 3.89. The second-order valence-corrected chi connectivity index (χ2v) is 17.2. The summed E-state index contributed by atoms with van der Waals surface area (Å²) in [5.41, 5.74) is -6.38. The number of allylic oxidation sites excluding steroid dienone is 3. The summed E-state index contributed by atoms with van der Waals surface area (Å²) in [6.07, 6.45) is 9.08. The zero-order chi connectivity index (χ0) is 34.0. The number of rotatable bonds is 6. The van der Waals surface area contributed by atoms with Gasteiger partial charge in [-0.3, -0.25) is 0 Å². The molecule has 0 amide bonds. The summed E-state index contributed by atoms with van der Waals surface area (Å²) in [6, 6.07) is 0. The highest BCUT2D eigenvalue weighted by molar-refractivity contribution is 5.87. The molecule has 5 fully saturated rings. The quantitative estimate of drug-likeness (QED) is 0.0953. The first kappa shape index (κ1) is 33.2. The number of hydrogen-bond acceptors (Lipinski definition) is 10. The molecule has 16 unspecified atom stereocenters. The van der Waals surface area contributed by atoms with Crippen LogP contribution in [0.4, 0.5) is 0 Å². The van der Waals surface area contributed by atoms with E-state index in [9.17, 15) is 35.1 Å². The lowest BCUT2D eigenvalue weighted by molar-refractivity contribution is -0.373. The highest BCUT2D eigenvalue weighted by atomic mass is 16.5. The Labute approximate surface area is 283 Å². The molecule has 10 nitrogen and oxygen atoms in total. The van der Waals surface area contributed by atoms with Crippen LogP contribution in [0.3, 0.4) is 0 Å². The lowest BCUT2D eigenvalue weighted by atomic mass is 9.35. The minimum absolute atomic E-state index is 0.0751. The third-order valence-electron chi connectivity index (χ3n) is 15.6. The molecule has 5 saturated carbocycles. The first-order valence-corrected chi connectivity index (χ1v) is 18.5. The van der Waals surface area contributed by atoms with E-state index in [0.717, 1.165) is 36.9 Å². The van der Waals surface area contributed by atoms with Gasteiger partial charge in [0.15, 0.2) is 0 Å². The Morgan fingerprint density at radius 3 is 2.58 bits per heavy atom. The molecule has 1 heterocycles. The number of fused-ring (bicyclic) bond motifs is 9. The largest absolute Gasteiger partial charge is 0.450 e. The maximum Gasteiger partial charge on any atom is 0.331 e. The van der Waals surface area contributed by atoms with E-state index in [1.807, 2.05) is 14.0 Å². The van der Waals surface area contributed by atoms with E-state index in [1.165, 1.54) is 0 Å². The van der Waals surface area contributed by atoms with Crippen molar-refractivity contribution in [1.82, 2.24) is 10.6 Å². The topological polar surface area (TPSA) is 169 Å². The van der Waals surface area contributed by atoms with Crippen molar-refractivity contribution in [2.45, 2.75) is 100 Å². The molecule has 7 aliphatic carbocycles. The first-order chi connectivity index (χ1) is 22.8. The van der Waals surface area contributed by atoms with Gasteiger partial charge in [0, 0.05) is 48.9 Å². The molecule has 1 aliphatic heterocycles. The minimum atomic E-state index is -2.12. The molecule has 0 bridgehead atoms. The Hall–Kier alpha value is -1.92. The lowest BCUT2D eigenvalue weighted by Crippen LogP contribution is -2.85. The van der Waals surface area contributed by atoms with Crippen LogP contribution in [0.1, 0.15) is 65.2 Å². The summed E-state index contributed by atoms with van der Waals surface area (Å²) in [5.74, 6) is -3.03. The summed E-state index contributed by atoms with van der Waals surface area (Å²) in [6.45, 7) is 6.16. The van der Waals surface area contributed by atoms with Crippen molar-refractivity contribution >= 4 is 12.3 Å². The summed E-state index contributed by atoms with van der Waals surface area (Å²) in [4.78, 5) is 26.5. The molecule has 0 spiro atoms. The maximum atomic E-state index is 13.7. The first-order valence-electron chi connectivity index (χ1n) is 18.5. The van der Waals surface area contributed by atoms with Gasteiger partial charge in [-0.05, 0) is 99.1 Å². The van der Waals surface area contributed by atoms with Crippen LogP contribution in [0.25, 0.3) is 0 Å². The van der Waals surface area contributed by atoms with Crippen LogP contribution in [0.5, 0.6) is 0 Å². The van der Waals surface area contributed by atoms with Crippen LogP contribution in [-0.4, -0.2) is 99.6 Å². The van der Waals surface area contributed by atoms with E-state index in [-0.39, 0.29) is 42.4 Å². The Morgan fingerprint density at radius 2 is 1.83 bits per heavy atom. The zero-order valence-electron chi connectivity index (χ0n) is 28.5. The van der Waals surface area contributed by atoms with Crippen LogP contribution in [0, 0.1) is 58.2 Å². The van der Waals surface area contributed by atoms with Gasteiger partial charge in [0.05, 0.1) is 23.2 Å². The second kappa shape index (κ2) is 11.0. The number of nitrogens with one attached hydrogen (secondary N) is 2. The summed E-state index contributed by atoms with van der Waals surface area (Å²) < 4.78 is 5.85. The van der Waals surface area contributed by atoms with Gasteiger partial charge < -0.3 is 45.7 Å². The fourth-order valence-electron chi connectivity index (χ4n) is 13.5. The molecule has 264 valence electrons. The van der Waals surface area contributed by atoms with Crippen LogP contribution in [-0.2, 0) is 14.3 Å². The standard InChI is InChI=1S/C38H54N2O8/c1-20-5-4-6-21-14-26-28(42)7-10-35(19-41)29-8-9-34(2)31-22(13-23(18-40-12-11-39-3)32-25(31)16-30(43)48-32)17-36(34,45)38(29,47)33(44)27(15-24(20)21)37(26,35)46/h4,6,13,16,19-22,24,26-29,31-33,39-40,42,44-47H,5,7-12,14-15,17-18H2,1-3H3. The molecule has 7 N–H and O–H groups in total. The molecule has 0 saturated heterocycles. The Morgan fingerprint density at radius 1 is 1.04 bits per heavy atom. The number of ether oxygens (including phenoxy) is 1. The molecular formula is C38H54N2O8. The number of aldehydes is 1. The molecule has 10 heteroatoms. The van der Waals surface area contributed by atoms with Crippen molar-refractivity contribution in [3.8, 4) is 0 Å². The number of likely N-dealkylation sites (N-methyl/N-ethyl adjacent to an activating group) is 1. The van der Waals surface area contributed by atoms with Crippen LogP contribution >= 0.6 is 0 Å². The van der Waals surface area contributed by atoms with Crippen molar-refractivity contribution in [1.29, 1.82) is 0 Å². The number of hydrogen-bond donors (Lipinski definition) is 7. The predicted molar refractivity (Wildman–Crippen MR) is 176 cm³/mol. The maximum absolute atomic E-state index is 13.7. The molecule has 8 aliphatic rings. The van der Waals surface area contributed by atoms with Crippen molar-refractivity contribution in [3.05, 3.63) is 35.5 Å². The molecule has 0 aromatic rings. The number of carbonyl (C=O) groups excluding carboxylic acids is 2. The SMILES string of the molecule is CNCCNCC1=CC2CC3(O)C(C)(CCC4C5(C=O)CCC(O)C6CC7C=CCC(C)C7CC(C(O)C43O)C65O)C2C2=CC(=O)OC12. The van der Waals surface area contributed by atoms with Gasteiger partial charge in [-0.2, -0.15) is 0 Å². The van der Waals surface area contributed by atoms with Crippen molar-refractivity contribution in [2.24, 2.45) is 58.2 Å². The fourth-order valence-corrected chi connectivity index (χ4v) is 13.5. The number of carbonyl (C=O) groups is 2. The Balaban J connectivity index is 1.26. The molecule has 8 rings (SSSR count). The smallest absolute Gasteiger partial charge is 0.331 e. The van der Waals surface area contributed by atoms with E-state index in [0.29, 0.717) is 38.6 Å². The second-order valence-electron chi connectivity index (χ2n) is 17.2. The van der Waals surface area contributed by atoms with Crippen LogP contribution in [0.15, 0.2) is 35.5 Å². The highest BCUT2D eigenvalue weighted by Crippen LogP contribution is 2.76. The molecule has 0 aromatic heterocycles. The molecule has 0 aromatic carbocycles. The van der Waals surface area contributed by atoms with E-state index in [4.69, 9.17) is 4.74 Å². The van der Waals surface area contributed by atoms with E-state index in [1.54, 1.807) is 6.08 Å². The van der Waals surface area contributed by atoms with Crippen molar-refractivity contribution in [3.63, 3.8) is 0 Å². The summed E-state index contributed by atoms with van der Waals surface area (Å²) in [7, 11) is 1.89. The van der Waals surface area contributed by atoms with E-state index >= 15 is 0 Å². The van der Waals surface area contributed by atoms with Crippen molar-refractivity contribution < 1.29 is 39.9 Å². The van der Waals surface area contributed by atoms with Gasteiger partial charge in [0.2, 0.25) is 0 Å². The normalized spacial score (nSPS) is 54.7. The molecule has 48 heavy (non-hydrogen) atoms. The van der Waals surface area contributed by atoms with Gasteiger partial charge in [-0.25, -0.2) is 4.79 Å². The van der Waals surface area contributed by atoms with E-state index < -0.39 is 69.7 Å². The third-order valence-corrected chi connectivity index (χ3v) is 15.6. The lowest BCUT2D eigenvalue weighted by Gasteiger charge is -2.72. The van der Waals surface area contributed by atoms with Gasteiger partial charge in [0.25, 0.3) is 0 Å². The van der Waals surface area contributed by atoms with Gasteiger partial charge >= 0.3 is 5.97 Å². The average molecular weight is 667 g/mol. The predicted octanol–water partition coefficient (Wildman–Crippen LogP) is 1.40.